The Hall–Kier alpha value is -3.08. The smallest absolute Gasteiger partial charge is 0.253 e. The van der Waals surface area contributed by atoms with Crippen molar-refractivity contribution >= 4 is 5.91 Å². The summed E-state index contributed by atoms with van der Waals surface area (Å²) < 4.78 is 7.46. The van der Waals surface area contributed by atoms with E-state index in [0.29, 0.717) is 17.9 Å². The van der Waals surface area contributed by atoms with Crippen molar-refractivity contribution in [3.63, 3.8) is 0 Å². The number of amides is 1. The van der Waals surface area contributed by atoms with Gasteiger partial charge in [-0.1, -0.05) is 18.2 Å². The molecule has 0 aliphatic carbocycles. The Morgan fingerprint density at radius 1 is 1.08 bits per heavy atom. The van der Waals surface area contributed by atoms with Crippen LogP contribution in [0.3, 0.4) is 0 Å². The van der Waals surface area contributed by atoms with Crippen LogP contribution in [-0.2, 0) is 13.6 Å². The molecule has 1 amide bonds. The van der Waals surface area contributed by atoms with E-state index in [1.165, 1.54) is 0 Å². The van der Waals surface area contributed by atoms with Crippen molar-refractivity contribution in [2.24, 2.45) is 7.05 Å². The number of para-hydroxylation sites is 1. The van der Waals surface area contributed by atoms with Crippen molar-refractivity contribution in [2.75, 3.05) is 7.05 Å². The van der Waals surface area contributed by atoms with Gasteiger partial charge >= 0.3 is 0 Å². The van der Waals surface area contributed by atoms with Gasteiger partial charge in [0, 0.05) is 38.0 Å². The lowest BCUT2D eigenvalue weighted by Crippen LogP contribution is -2.25. The fourth-order valence-corrected chi connectivity index (χ4v) is 2.41. The molecule has 5 heteroatoms. The molecule has 5 nitrogen and oxygen atoms in total. The first kappa shape index (κ1) is 15.8. The minimum Gasteiger partial charge on any atom is -0.457 e. The molecule has 2 aromatic carbocycles. The Kier molecular flexibility index (Phi) is 4.61. The molecule has 0 aliphatic rings. The summed E-state index contributed by atoms with van der Waals surface area (Å²) in [5.41, 5.74) is 1.62. The molecule has 1 heterocycles. The topological polar surface area (TPSA) is 47.4 Å². The van der Waals surface area contributed by atoms with Crippen molar-refractivity contribution in [2.45, 2.75) is 6.54 Å². The number of aryl methyl sites for hydroxylation is 1. The van der Waals surface area contributed by atoms with Gasteiger partial charge < -0.3 is 9.64 Å². The molecule has 1 aromatic heterocycles. The van der Waals surface area contributed by atoms with Crippen molar-refractivity contribution in [1.82, 2.24) is 14.7 Å². The summed E-state index contributed by atoms with van der Waals surface area (Å²) >= 11 is 0. The molecule has 0 aliphatic heterocycles. The first-order valence-electron chi connectivity index (χ1n) is 7.68. The van der Waals surface area contributed by atoms with Crippen LogP contribution in [-0.4, -0.2) is 27.6 Å². The van der Waals surface area contributed by atoms with Crippen molar-refractivity contribution in [1.29, 1.82) is 0 Å². The maximum Gasteiger partial charge on any atom is 0.253 e. The SMILES string of the molecule is CN(Cc1cnn(C)c1)C(=O)c1ccc(Oc2ccccc2)cc1. The molecule has 0 saturated carbocycles. The third kappa shape index (κ3) is 3.81. The van der Waals surface area contributed by atoms with Gasteiger partial charge in [-0.3, -0.25) is 9.48 Å². The number of carbonyl (C=O) groups is 1. The van der Waals surface area contributed by atoms with Gasteiger partial charge in [-0.25, -0.2) is 0 Å². The van der Waals surface area contributed by atoms with Crippen LogP contribution in [0.5, 0.6) is 11.5 Å². The number of rotatable bonds is 5. The molecule has 24 heavy (non-hydrogen) atoms. The van der Waals surface area contributed by atoms with Crippen LogP contribution < -0.4 is 4.74 Å². The zero-order chi connectivity index (χ0) is 16.9. The number of ether oxygens (including phenoxy) is 1. The minimum atomic E-state index is -0.0369. The normalized spacial score (nSPS) is 10.4. The third-order valence-electron chi connectivity index (χ3n) is 3.60. The van der Waals surface area contributed by atoms with Crippen molar-refractivity contribution in [3.05, 3.63) is 78.1 Å². The first-order valence-corrected chi connectivity index (χ1v) is 7.68. The van der Waals surface area contributed by atoms with Crippen LogP contribution in [0.4, 0.5) is 0 Å². The average Bonchev–Trinajstić information content (AvgIpc) is 3.00. The number of hydrogen-bond donors (Lipinski definition) is 0. The van der Waals surface area contributed by atoms with E-state index in [2.05, 4.69) is 5.10 Å². The standard InChI is InChI=1S/C19H19N3O2/c1-21(13-15-12-20-22(2)14-15)19(23)16-8-10-18(11-9-16)24-17-6-4-3-5-7-17/h3-12,14H,13H2,1-2H3. The molecular weight excluding hydrogens is 302 g/mol. The number of hydrogen-bond acceptors (Lipinski definition) is 3. The summed E-state index contributed by atoms with van der Waals surface area (Å²) in [6.07, 6.45) is 3.67. The van der Waals surface area contributed by atoms with Crippen molar-refractivity contribution in [3.8, 4) is 11.5 Å². The summed E-state index contributed by atoms with van der Waals surface area (Å²) in [5.74, 6) is 1.43. The highest BCUT2D eigenvalue weighted by atomic mass is 16.5. The Morgan fingerprint density at radius 3 is 2.38 bits per heavy atom. The number of aromatic nitrogens is 2. The summed E-state index contributed by atoms with van der Waals surface area (Å²) in [7, 11) is 3.64. The summed E-state index contributed by atoms with van der Waals surface area (Å²) in [4.78, 5) is 14.2. The van der Waals surface area contributed by atoms with E-state index >= 15 is 0 Å². The maximum absolute atomic E-state index is 12.5. The van der Waals surface area contributed by atoms with Crippen LogP contribution in [0, 0.1) is 0 Å². The number of nitrogens with zero attached hydrogens (tertiary/aromatic N) is 3. The number of benzene rings is 2. The molecule has 3 aromatic rings. The lowest BCUT2D eigenvalue weighted by atomic mass is 10.2. The minimum absolute atomic E-state index is 0.0369. The molecule has 0 bridgehead atoms. The van der Waals surface area contributed by atoms with Crippen molar-refractivity contribution < 1.29 is 9.53 Å². The molecule has 0 fully saturated rings. The van der Waals surface area contributed by atoms with E-state index in [4.69, 9.17) is 4.74 Å². The predicted molar refractivity (Wildman–Crippen MR) is 92.0 cm³/mol. The van der Waals surface area contributed by atoms with Gasteiger partial charge in [-0.05, 0) is 36.4 Å². The zero-order valence-corrected chi connectivity index (χ0v) is 13.7. The molecule has 0 saturated heterocycles. The monoisotopic (exact) mass is 321 g/mol. The average molecular weight is 321 g/mol. The molecule has 0 unspecified atom stereocenters. The second kappa shape index (κ2) is 7.00. The highest BCUT2D eigenvalue weighted by Crippen LogP contribution is 2.21. The number of carbonyl (C=O) groups excluding carboxylic acids is 1. The van der Waals surface area contributed by atoms with Crippen LogP contribution in [0.2, 0.25) is 0 Å². The predicted octanol–water partition coefficient (Wildman–Crippen LogP) is 3.48. The summed E-state index contributed by atoms with van der Waals surface area (Å²) in [6.45, 7) is 0.523. The lowest BCUT2D eigenvalue weighted by Gasteiger charge is -2.16. The fraction of sp³-hybridized carbons (Fsp3) is 0.158. The van der Waals surface area contributed by atoms with Crippen LogP contribution in [0.1, 0.15) is 15.9 Å². The highest BCUT2D eigenvalue weighted by molar-refractivity contribution is 5.94. The van der Waals surface area contributed by atoms with E-state index in [1.807, 2.05) is 43.6 Å². The van der Waals surface area contributed by atoms with E-state index in [0.717, 1.165) is 11.3 Å². The van der Waals surface area contributed by atoms with Gasteiger partial charge in [0.05, 0.1) is 6.20 Å². The third-order valence-corrected chi connectivity index (χ3v) is 3.60. The van der Waals surface area contributed by atoms with Gasteiger partial charge in [0.1, 0.15) is 11.5 Å². The Morgan fingerprint density at radius 2 is 1.75 bits per heavy atom. The zero-order valence-electron chi connectivity index (χ0n) is 13.7. The van der Waals surface area contributed by atoms with Crippen LogP contribution in [0.25, 0.3) is 0 Å². The van der Waals surface area contributed by atoms with E-state index in [9.17, 15) is 4.79 Å². The quantitative estimate of drug-likeness (QED) is 0.723. The first-order chi connectivity index (χ1) is 11.6. The van der Waals surface area contributed by atoms with E-state index in [-0.39, 0.29) is 5.91 Å². The molecular formula is C19H19N3O2. The fourth-order valence-electron chi connectivity index (χ4n) is 2.41. The van der Waals surface area contributed by atoms with Crippen LogP contribution in [0.15, 0.2) is 67.0 Å². The van der Waals surface area contributed by atoms with Gasteiger partial charge in [0.15, 0.2) is 0 Å². The van der Waals surface area contributed by atoms with E-state index < -0.39 is 0 Å². The molecule has 0 N–H and O–H groups in total. The Bertz CT molecular complexity index is 810. The van der Waals surface area contributed by atoms with Gasteiger partial charge in [0.2, 0.25) is 0 Å². The van der Waals surface area contributed by atoms with Gasteiger partial charge in [-0.15, -0.1) is 0 Å². The second-order valence-corrected chi connectivity index (χ2v) is 5.62. The van der Waals surface area contributed by atoms with Gasteiger partial charge in [0.25, 0.3) is 5.91 Å². The molecule has 0 atom stereocenters. The maximum atomic E-state index is 12.5. The molecule has 3 rings (SSSR count). The Balaban J connectivity index is 1.65. The molecule has 0 radical (unpaired) electrons. The van der Waals surface area contributed by atoms with Gasteiger partial charge in [-0.2, -0.15) is 5.10 Å². The second-order valence-electron chi connectivity index (χ2n) is 5.62. The summed E-state index contributed by atoms with van der Waals surface area (Å²) in [5, 5.41) is 4.12. The van der Waals surface area contributed by atoms with E-state index in [1.54, 1.807) is 47.1 Å². The summed E-state index contributed by atoms with van der Waals surface area (Å²) in [6, 6.07) is 16.7. The molecule has 122 valence electrons. The Labute approximate surface area is 141 Å². The highest BCUT2D eigenvalue weighted by Gasteiger charge is 2.13. The lowest BCUT2D eigenvalue weighted by molar-refractivity contribution is 0.0785. The molecule has 0 spiro atoms. The van der Waals surface area contributed by atoms with Crippen LogP contribution >= 0.6 is 0 Å². The largest absolute Gasteiger partial charge is 0.457 e.